The van der Waals surface area contributed by atoms with E-state index in [4.69, 9.17) is 4.74 Å². The number of aryl methyl sites for hydroxylation is 1. The number of nitrogens with one attached hydrogen (secondary N) is 1. The molecule has 0 saturated carbocycles. The van der Waals surface area contributed by atoms with Crippen molar-refractivity contribution >= 4 is 11.2 Å². The minimum absolute atomic E-state index is 0.127. The van der Waals surface area contributed by atoms with Crippen LogP contribution in [0.3, 0.4) is 0 Å². The fourth-order valence-corrected chi connectivity index (χ4v) is 2.16. The van der Waals surface area contributed by atoms with Crippen molar-refractivity contribution in [3.05, 3.63) is 23.7 Å². The van der Waals surface area contributed by atoms with Crippen LogP contribution in [-0.4, -0.2) is 21.6 Å². The Balaban J connectivity index is 2.01. The number of H-pyrrole nitrogens is 1. The molecule has 0 spiro atoms. The van der Waals surface area contributed by atoms with Gasteiger partial charge in [-0.1, -0.05) is 0 Å². The Morgan fingerprint density at radius 3 is 3.12 bits per heavy atom. The van der Waals surface area contributed by atoms with Crippen LogP contribution in [0.4, 0.5) is 0 Å². The average molecular weight is 217 g/mol. The van der Waals surface area contributed by atoms with E-state index in [0.29, 0.717) is 0 Å². The zero-order valence-corrected chi connectivity index (χ0v) is 9.36. The molecule has 4 heteroatoms. The van der Waals surface area contributed by atoms with E-state index in [-0.39, 0.29) is 6.10 Å². The number of pyridine rings is 1. The molecule has 4 nitrogen and oxygen atoms in total. The van der Waals surface area contributed by atoms with Crippen LogP contribution in [0.5, 0.6) is 0 Å². The molecule has 84 valence electrons. The molecular formula is C12H15N3O. The van der Waals surface area contributed by atoms with E-state index >= 15 is 0 Å². The summed E-state index contributed by atoms with van der Waals surface area (Å²) in [5.74, 6) is 0.927. The molecule has 16 heavy (non-hydrogen) atoms. The Labute approximate surface area is 94.1 Å². The number of aromatic nitrogens is 3. The maximum Gasteiger partial charge on any atom is 0.178 e. The molecule has 1 aliphatic rings. The fraction of sp³-hybridized carbons (Fsp3) is 0.500. The van der Waals surface area contributed by atoms with Gasteiger partial charge < -0.3 is 9.72 Å². The number of imidazole rings is 1. The molecule has 0 amide bonds. The summed E-state index contributed by atoms with van der Waals surface area (Å²) in [7, 11) is 0. The molecule has 2 aromatic heterocycles. The molecule has 3 rings (SSSR count). The van der Waals surface area contributed by atoms with Crippen LogP contribution < -0.4 is 0 Å². The summed E-state index contributed by atoms with van der Waals surface area (Å²) >= 11 is 0. The number of nitrogens with zero attached hydrogens (tertiary/aromatic N) is 2. The van der Waals surface area contributed by atoms with E-state index in [0.717, 1.165) is 36.4 Å². The molecule has 0 radical (unpaired) electrons. The van der Waals surface area contributed by atoms with E-state index in [2.05, 4.69) is 21.9 Å². The standard InChI is InChI=1S/C12H15N3O/c1-8-5-6-13-12-10(8)14-11(15-12)9-4-2-3-7-16-9/h5-6,9H,2-4,7H2,1H3,(H,13,14,15). The van der Waals surface area contributed by atoms with Crippen LogP contribution in [0, 0.1) is 6.92 Å². The van der Waals surface area contributed by atoms with E-state index in [1.165, 1.54) is 12.0 Å². The van der Waals surface area contributed by atoms with Crippen molar-refractivity contribution < 1.29 is 4.74 Å². The highest BCUT2D eigenvalue weighted by atomic mass is 16.5. The number of hydrogen-bond donors (Lipinski definition) is 1. The molecule has 1 fully saturated rings. The van der Waals surface area contributed by atoms with Crippen LogP contribution in [0.1, 0.15) is 36.8 Å². The first kappa shape index (κ1) is 9.78. The first-order valence-corrected chi connectivity index (χ1v) is 5.77. The minimum atomic E-state index is 0.127. The number of hydrogen-bond acceptors (Lipinski definition) is 3. The maximum absolute atomic E-state index is 5.71. The molecule has 0 aliphatic carbocycles. The third-order valence-electron chi connectivity index (χ3n) is 3.10. The van der Waals surface area contributed by atoms with Gasteiger partial charge in [0.25, 0.3) is 0 Å². The molecular weight excluding hydrogens is 202 g/mol. The van der Waals surface area contributed by atoms with Gasteiger partial charge in [-0.05, 0) is 37.8 Å². The number of ether oxygens (including phenoxy) is 1. The first-order chi connectivity index (χ1) is 7.84. The SMILES string of the molecule is Cc1ccnc2nc(C3CCCCO3)[nH]c12. The third kappa shape index (κ3) is 1.59. The average Bonchev–Trinajstić information content (AvgIpc) is 2.76. The van der Waals surface area contributed by atoms with Crippen LogP contribution in [0.25, 0.3) is 11.2 Å². The summed E-state index contributed by atoms with van der Waals surface area (Å²) < 4.78 is 5.71. The summed E-state index contributed by atoms with van der Waals surface area (Å²) in [6.45, 7) is 2.90. The van der Waals surface area contributed by atoms with Crippen LogP contribution in [-0.2, 0) is 4.74 Å². The summed E-state index contributed by atoms with van der Waals surface area (Å²) in [5, 5.41) is 0. The van der Waals surface area contributed by atoms with Crippen LogP contribution >= 0.6 is 0 Å². The van der Waals surface area contributed by atoms with E-state index in [1.54, 1.807) is 6.20 Å². The second-order valence-corrected chi connectivity index (χ2v) is 4.30. The number of rotatable bonds is 1. The predicted molar refractivity (Wildman–Crippen MR) is 61.2 cm³/mol. The molecule has 1 N–H and O–H groups in total. The molecule has 0 aromatic carbocycles. The quantitative estimate of drug-likeness (QED) is 0.798. The van der Waals surface area contributed by atoms with Crippen molar-refractivity contribution in [1.82, 2.24) is 15.0 Å². The van der Waals surface area contributed by atoms with Crippen molar-refractivity contribution in [2.24, 2.45) is 0 Å². The van der Waals surface area contributed by atoms with Gasteiger partial charge in [0.1, 0.15) is 11.9 Å². The highest BCUT2D eigenvalue weighted by Crippen LogP contribution is 2.27. The monoisotopic (exact) mass is 217 g/mol. The largest absolute Gasteiger partial charge is 0.370 e. The van der Waals surface area contributed by atoms with Gasteiger partial charge in [-0.3, -0.25) is 0 Å². The molecule has 3 heterocycles. The molecule has 0 bridgehead atoms. The van der Waals surface area contributed by atoms with Crippen LogP contribution in [0.15, 0.2) is 12.3 Å². The van der Waals surface area contributed by atoms with Gasteiger partial charge in [-0.2, -0.15) is 0 Å². The number of aromatic amines is 1. The third-order valence-corrected chi connectivity index (χ3v) is 3.10. The molecule has 1 aliphatic heterocycles. The highest BCUT2D eigenvalue weighted by molar-refractivity contribution is 5.74. The van der Waals surface area contributed by atoms with Crippen molar-refractivity contribution in [1.29, 1.82) is 0 Å². The Morgan fingerprint density at radius 2 is 2.38 bits per heavy atom. The summed E-state index contributed by atoms with van der Waals surface area (Å²) in [6, 6.07) is 1.99. The second kappa shape index (κ2) is 3.87. The lowest BCUT2D eigenvalue weighted by molar-refractivity contribution is 0.0101. The van der Waals surface area contributed by atoms with Gasteiger partial charge in [-0.15, -0.1) is 0 Å². The Morgan fingerprint density at radius 1 is 1.44 bits per heavy atom. The van der Waals surface area contributed by atoms with E-state index < -0.39 is 0 Å². The zero-order valence-electron chi connectivity index (χ0n) is 9.36. The highest BCUT2D eigenvalue weighted by Gasteiger charge is 2.20. The molecule has 1 unspecified atom stereocenters. The summed E-state index contributed by atoms with van der Waals surface area (Å²) in [4.78, 5) is 12.1. The Kier molecular flexibility index (Phi) is 2.36. The van der Waals surface area contributed by atoms with Crippen molar-refractivity contribution in [3.63, 3.8) is 0 Å². The van der Waals surface area contributed by atoms with Gasteiger partial charge in [-0.25, -0.2) is 9.97 Å². The second-order valence-electron chi connectivity index (χ2n) is 4.30. The van der Waals surface area contributed by atoms with Gasteiger partial charge >= 0.3 is 0 Å². The predicted octanol–water partition coefficient (Wildman–Crippen LogP) is 2.51. The smallest absolute Gasteiger partial charge is 0.178 e. The van der Waals surface area contributed by atoms with Crippen molar-refractivity contribution in [2.75, 3.05) is 6.61 Å². The van der Waals surface area contributed by atoms with E-state index in [9.17, 15) is 0 Å². The summed E-state index contributed by atoms with van der Waals surface area (Å²) in [5.41, 5.74) is 3.01. The minimum Gasteiger partial charge on any atom is -0.370 e. The first-order valence-electron chi connectivity index (χ1n) is 5.77. The molecule has 1 atom stereocenters. The van der Waals surface area contributed by atoms with Gasteiger partial charge in [0.05, 0.1) is 5.52 Å². The van der Waals surface area contributed by atoms with Crippen LogP contribution in [0.2, 0.25) is 0 Å². The molecule has 1 saturated heterocycles. The topological polar surface area (TPSA) is 50.8 Å². The van der Waals surface area contributed by atoms with Gasteiger partial charge in [0, 0.05) is 12.8 Å². The maximum atomic E-state index is 5.71. The summed E-state index contributed by atoms with van der Waals surface area (Å²) in [6.07, 6.45) is 5.35. The lowest BCUT2D eigenvalue weighted by atomic mass is 10.1. The van der Waals surface area contributed by atoms with Crippen molar-refractivity contribution in [2.45, 2.75) is 32.3 Å². The van der Waals surface area contributed by atoms with Crippen molar-refractivity contribution in [3.8, 4) is 0 Å². The normalized spacial score (nSPS) is 21.4. The fourth-order valence-electron chi connectivity index (χ4n) is 2.16. The molecule has 2 aromatic rings. The lowest BCUT2D eigenvalue weighted by Crippen LogP contribution is -2.12. The Hall–Kier alpha value is -1.42. The van der Waals surface area contributed by atoms with Gasteiger partial charge in [0.15, 0.2) is 5.65 Å². The zero-order chi connectivity index (χ0) is 11.0. The van der Waals surface area contributed by atoms with Gasteiger partial charge in [0.2, 0.25) is 0 Å². The number of fused-ring (bicyclic) bond motifs is 1. The van der Waals surface area contributed by atoms with E-state index in [1.807, 2.05) is 6.07 Å². The lowest BCUT2D eigenvalue weighted by Gasteiger charge is -2.20. The Bertz CT molecular complexity index is 500.